The first-order valence-electron chi connectivity index (χ1n) is 12.3. The van der Waals surface area contributed by atoms with Gasteiger partial charge in [-0.25, -0.2) is 4.90 Å². The number of carbonyl (C=O) groups excluding carboxylic acids is 3. The molecule has 3 heterocycles. The van der Waals surface area contributed by atoms with Gasteiger partial charge in [-0.3, -0.25) is 14.4 Å². The third-order valence-electron chi connectivity index (χ3n) is 7.89. The van der Waals surface area contributed by atoms with Crippen molar-refractivity contribution in [1.29, 1.82) is 0 Å². The van der Waals surface area contributed by atoms with E-state index < -0.39 is 29.6 Å². The summed E-state index contributed by atoms with van der Waals surface area (Å²) in [6.45, 7) is 3.93. The molecule has 2 amide bonds. The van der Waals surface area contributed by atoms with E-state index in [1.165, 1.54) is 4.90 Å². The number of carbonyl (C=O) groups is 3. The Labute approximate surface area is 213 Å². The number of imide groups is 1. The number of amides is 2. The number of rotatable bonds is 2. The molecule has 0 bridgehead atoms. The number of nitrogens with zero attached hydrogens (tertiary/aromatic N) is 1. The first kappa shape index (κ1) is 21.9. The van der Waals surface area contributed by atoms with E-state index in [1.807, 2.05) is 68.5 Å². The van der Waals surface area contributed by atoms with Crippen molar-refractivity contribution < 1.29 is 28.6 Å². The first-order valence-corrected chi connectivity index (χ1v) is 12.3. The molecule has 1 saturated heterocycles. The number of anilines is 1. The van der Waals surface area contributed by atoms with E-state index in [9.17, 15) is 14.4 Å². The van der Waals surface area contributed by atoms with Crippen molar-refractivity contribution in [2.75, 3.05) is 11.7 Å². The molecule has 0 spiro atoms. The van der Waals surface area contributed by atoms with E-state index in [-0.39, 0.29) is 18.6 Å². The van der Waals surface area contributed by atoms with Gasteiger partial charge in [0.05, 0.1) is 23.4 Å². The summed E-state index contributed by atoms with van der Waals surface area (Å²) in [6.07, 6.45) is 1.98. The summed E-state index contributed by atoms with van der Waals surface area (Å²) in [7, 11) is 0. The molecule has 37 heavy (non-hydrogen) atoms. The van der Waals surface area contributed by atoms with Crippen molar-refractivity contribution in [3.8, 4) is 17.2 Å². The molecule has 4 atom stereocenters. The summed E-state index contributed by atoms with van der Waals surface area (Å²) < 4.78 is 16.8. The van der Waals surface area contributed by atoms with Crippen LogP contribution in [0.15, 0.2) is 66.7 Å². The molecule has 0 unspecified atom stereocenters. The van der Waals surface area contributed by atoms with Gasteiger partial charge in [0.1, 0.15) is 5.75 Å². The van der Waals surface area contributed by atoms with Crippen molar-refractivity contribution in [2.24, 2.45) is 17.8 Å². The fourth-order valence-electron chi connectivity index (χ4n) is 6.17. The minimum absolute atomic E-state index is 0.135. The lowest BCUT2D eigenvalue weighted by Crippen LogP contribution is -2.42. The number of ether oxygens (including phenoxy) is 3. The molecule has 4 aliphatic rings. The van der Waals surface area contributed by atoms with Gasteiger partial charge < -0.3 is 14.2 Å². The summed E-state index contributed by atoms with van der Waals surface area (Å²) in [5.41, 5.74) is 4.63. The molecule has 1 aliphatic carbocycles. The predicted molar refractivity (Wildman–Crippen MR) is 134 cm³/mol. The predicted octanol–water partition coefficient (Wildman–Crippen LogP) is 4.55. The number of hydrogen-bond donors (Lipinski definition) is 0. The number of hydrogen-bond acceptors (Lipinski definition) is 6. The van der Waals surface area contributed by atoms with E-state index in [2.05, 4.69) is 0 Å². The van der Waals surface area contributed by atoms with Crippen LogP contribution in [0, 0.1) is 31.6 Å². The maximum atomic E-state index is 14.1. The van der Waals surface area contributed by atoms with Gasteiger partial charge in [-0.2, -0.15) is 0 Å². The monoisotopic (exact) mass is 493 g/mol. The van der Waals surface area contributed by atoms with Crippen LogP contribution in [-0.2, 0) is 14.4 Å². The maximum absolute atomic E-state index is 14.1. The number of fused-ring (bicyclic) bond motifs is 6. The van der Waals surface area contributed by atoms with E-state index in [1.54, 1.807) is 12.1 Å². The Morgan fingerprint density at radius 2 is 1.59 bits per heavy atom. The van der Waals surface area contributed by atoms with Crippen LogP contribution < -0.4 is 19.1 Å². The molecule has 0 radical (unpaired) electrons. The van der Waals surface area contributed by atoms with Crippen molar-refractivity contribution in [3.05, 3.63) is 89.0 Å². The Hall–Kier alpha value is -4.39. The summed E-state index contributed by atoms with van der Waals surface area (Å²) in [5.74, 6) is -2.44. The second-order valence-electron chi connectivity index (χ2n) is 10.0. The Morgan fingerprint density at radius 1 is 0.811 bits per heavy atom. The molecule has 7 nitrogen and oxygen atoms in total. The van der Waals surface area contributed by atoms with E-state index in [0.717, 1.165) is 27.8 Å². The smallest absolute Gasteiger partial charge is 0.319 e. The third kappa shape index (κ3) is 3.10. The lowest BCUT2D eigenvalue weighted by Gasteiger charge is -2.38. The van der Waals surface area contributed by atoms with Gasteiger partial charge in [0.25, 0.3) is 0 Å². The number of para-hydroxylation sites is 1. The lowest BCUT2D eigenvalue weighted by molar-refractivity contribution is -0.142. The number of aryl methyl sites for hydroxylation is 2. The second-order valence-corrected chi connectivity index (χ2v) is 10.0. The highest BCUT2D eigenvalue weighted by atomic mass is 16.7. The standard InChI is InChI=1S/C30H23NO6/c1-15-7-9-18-20-13-19(17-8-10-22-24(12-17)36-14-35-22)25-27(26(20)30(34)37-23(18)11-15)29(33)31(28(25)32)21-6-4-3-5-16(21)2/h3-13,19,25-27H,14H2,1-2H3/t19-,25+,26-,27+/m1/s1. The molecular formula is C30H23NO6. The molecule has 0 N–H and O–H groups in total. The normalized spacial score (nSPS) is 25.3. The molecule has 184 valence electrons. The highest BCUT2D eigenvalue weighted by Crippen LogP contribution is 2.55. The molecule has 7 rings (SSSR count). The van der Waals surface area contributed by atoms with Crippen LogP contribution >= 0.6 is 0 Å². The summed E-state index contributed by atoms with van der Waals surface area (Å²) in [4.78, 5) is 42.8. The SMILES string of the molecule is Cc1ccc2c(c1)OC(=O)[C@@H]1C2=C[C@H](c2ccc3c(c2)OCO3)[C@@H]2C(=O)N(c3ccccc3C)C(=O)[C@H]12. The van der Waals surface area contributed by atoms with Gasteiger partial charge in [-0.15, -0.1) is 0 Å². The molecule has 3 aliphatic heterocycles. The molecular weight excluding hydrogens is 470 g/mol. The van der Waals surface area contributed by atoms with Crippen LogP contribution in [0.2, 0.25) is 0 Å². The zero-order chi connectivity index (χ0) is 25.4. The number of esters is 1. The molecule has 0 aromatic heterocycles. The summed E-state index contributed by atoms with van der Waals surface area (Å²) in [6, 6.07) is 18.6. The fraction of sp³-hybridized carbons (Fsp3) is 0.233. The van der Waals surface area contributed by atoms with E-state index in [0.29, 0.717) is 22.9 Å². The minimum atomic E-state index is -0.885. The van der Waals surface area contributed by atoms with Crippen molar-refractivity contribution in [1.82, 2.24) is 0 Å². The average Bonchev–Trinajstić information content (AvgIpc) is 3.46. The Bertz CT molecular complexity index is 1560. The zero-order valence-corrected chi connectivity index (χ0v) is 20.3. The van der Waals surface area contributed by atoms with Gasteiger partial charge >= 0.3 is 5.97 Å². The van der Waals surface area contributed by atoms with E-state index >= 15 is 0 Å². The van der Waals surface area contributed by atoms with Crippen LogP contribution in [0.3, 0.4) is 0 Å². The topological polar surface area (TPSA) is 82.1 Å². The minimum Gasteiger partial charge on any atom is -0.454 e. The summed E-state index contributed by atoms with van der Waals surface area (Å²) in [5, 5.41) is 0. The first-order chi connectivity index (χ1) is 17.9. The van der Waals surface area contributed by atoms with Crippen LogP contribution in [0.5, 0.6) is 17.2 Å². The Balaban J connectivity index is 1.44. The molecule has 1 fully saturated rings. The van der Waals surface area contributed by atoms with Crippen LogP contribution in [0.25, 0.3) is 5.57 Å². The van der Waals surface area contributed by atoms with Gasteiger partial charge in [-0.05, 0) is 60.4 Å². The van der Waals surface area contributed by atoms with Crippen molar-refractivity contribution >= 4 is 29.0 Å². The van der Waals surface area contributed by atoms with Crippen LogP contribution in [-0.4, -0.2) is 24.6 Å². The molecule has 0 saturated carbocycles. The molecule has 3 aromatic rings. The van der Waals surface area contributed by atoms with Gasteiger partial charge in [0.2, 0.25) is 18.6 Å². The average molecular weight is 494 g/mol. The largest absolute Gasteiger partial charge is 0.454 e. The van der Waals surface area contributed by atoms with Crippen molar-refractivity contribution in [2.45, 2.75) is 19.8 Å². The highest BCUT2D eigenvalue weighted by molar-refractivity contribution is 6.24. The molecule has 7 heteroatoms. The molecule has 3 aromatic carbocycles. The summed E-state index contributed by atoms with van der Waals surface area (Å²) >= 11 is 0. The fourth-order valence-corrected chi connectivity index (χ4v) is 6.17. The number of benzene rings is 3. The van der Waals surface area contributed by atoms with Gasteiger partial charge in [0, 0.05) is 11.5 Å². The van der Waals surface area contributed by atoms with Crippen LogP contribution in [0.1, 0.15) is 28.2 Å². The van der Waals surface area contributed by atoms with Crippen molar-refractivity contribution in [3.63, 3.8) is 0 Å². The van der Waals surface area contributed by atoms with Crippen LogP contribution in [0.4, 0.5) is 5.69 Å². The maximum Gasteiger partial charge on any atom is 0.319 e. The third-order valence-corrected chi connectivity index (χ3v) is 7.89. The van der Waals surface area contributed by atoms with Gasteiger partial charge in [-0.1, -0.05) is 42.5 Å². The van der Waals surface area contributed by atoms with Gasteiger partial charge in [0.15, 0.2) is 11.5 Å². The Kier molecular flexibility index (Phi) is 4.61. The lowest BCUT2D eigenvalue weighted by atomic mass is 9.64. The zero-order valence-electron chi connectivity index (χ0n) is 20.3. The number of allylic oxidation sites excluding steroid dienone is 1. The Morgan fingerprint density at radius 3 is 2.43 bits per heavy atom. The van der Waals surface area contributed by atoms with E-state index in [4.69, 9.17) is 14.2 Å². The quantitative estimate of drug-likeness (QED) is 0.296. The second kappa shape index (κ2) is 7.80. The highest BCUT2D eigenvalue weighted by Gasteiger charge is 2.60.